The first-order chi connectivity index (χ1) is 13.8. The van der Waals surface area contributed by atoms with E-state index >= 15 is 0 Å². The number of rotatable bonds is 6. The fourth-order valence-corrected chi connectivity index (χ4v) is 3.49. The maximum atomic E-state index is 13.0. The molecule has 8 heteroatoms. The lowest BCUT2D eigenvalue weighted by molar-refractivity contribution is -0.384. The summed E-state index contributed by atoms with van der Waals surface area (Å²) in [4.78, 5) is 23.9. The molecule has 1 fully saturated rings. The zero-order valence-electron chi connectivity index (χ0n) is 16.6. The number of hydrogen-bond acceptors (Lipinski definition) is 5. The van der Waals surface area contributed by atoms with Gasteiger partial charge in [0.1, 0.15) is 5.75 Å². The minimum atomic E-state index is -1.04. The summed E-state index contributed by atoms with van der Waals surface area (Å²) in [6.45, 7) is 0. The number of hydrogen-bond donors (Lipinski definition) is 1. The Labute approximate surface area is 169 Å². The molecule has 2 aromatic carbocycles. The molecule has 0 aliphatic heterocycles. The van der Waals surface area contributed by atoms with Gasteiger partial charge in [-0.25, -0.2) is 0 Å². The number of ether oxygens (including phenoxy) is 1. The molecule has 29 heavy (non-hydrogen) atoms. The zero-order chi connectivity index (χ0) is 21.0. The van der Waals surface area contributed by atoms with Gasteiger partial charge in [0, 0.05) is 11.8 Å². The number of carbonyl (C=O) groups is 1. The van der Waals surface area contributed by atoms with Crippen molar-refractivity contribution in [1.82, 2.24) is 4.65 Å². The lowest BCUT2D eigenvalue weighted by Crippen LogP contribution is -2.33. The van der Waals surface area contributed by atoms with E-state index < -0.39 is 15.5 Å². The predicted molar refractivity (Wildman–Crippen MR) is 112 cm³/mol. The minimum Gasteiger partial charge on any atom is -0.628 e. The molecule has 0 radical (unpaired) electrons. The smallest absolute Gasteiger partial charge is 0.333 e. The van der Waals surface area contributed by atoms with E-state index in [0.29, 0.717) is 5.69 Å². The first-order valence-corrected chi connectivity index (χ1v) is 9.67. The molecular weight excluding hydrogens is 374 g/mol. The van der Waals surface area contributed by atoms with Crippen LogP contribution < -0.4 is 14.7 Å². The van der Waals surface area contributed by atoms with Crippen molar-refractivity contribution in [2.45, 2.75) is 38.2 Å². The third kappa shape index (κ3) is 5.10. The van der Waals surface area contributed by atoms with Gasteiger partial charge in [-0.1, -0.05) is 24.6 Å². The molecule has 0 unspecified atom stereocenters. The molecule has 1 aliphatic carbocycles. The Morgan fingerprint density at radius 1 is 1.14 bits per heavy atom. The SMILES string of the molecule is C[N+](C)([O-])c1cc(C(=O)Nc2ccccc2)c(OC2CCCCC2)cc1[N+](=O)[O-]. The highest BCUT2D eigenvalue weighted by molar-refractivity contribution is 6.07. The van der Waals surface area contributed by atoms with E-state index in [2.05, 4.69) is 5.32 Å². The zero-order valence-corrected chi connectivity index (χ0v) is 16.6. The van der Waals surface area contributed by atoms with Crippen LogP contribution in [-0.2, 0) is 0 Å². The highest BCUT2D eigenvalue weighted by Crippen LogP contribution is 2.38. The standard InChI is InChI=1S/C21H25N3O5/c1-24(2,28)19-13-17(21(25)22-15-9-5-3-6-10-15)20(14-18(19)23(26)27)29-16-11-7-4-8-12-16/h3,5-6,9-10,13-14,16H,4,7-8,11-12H2,1-2H3,(H,22,25). The van der Waals surface area contributed by atoms with Crippen LogP contribution in [0.25, 0.3) is 0 Å². The first-order valence-electron chi connectivity index (χ1n) is 9.67. The van der Waals surface area contributed by atoms with Gasteiger partial charge in [-0.05, 0) is 37.8 Å². The van der Waals surface area contributed by atoms with Crippen molar-refractivity contribution < 1.29 is 14.5 Å². The Morgan fingerprint density at radius 2 is 1.79 bits per heavy atom. The molecule has 1 saturated carbocycles. The van der Waals surface area contributed by atoms with Gasteiger partial charge in [-0.15, -0.1) is 0 Å². The number of hydroxylamine groups is 2. The molecule has 0 spiro atoms. The van der Waals surface area contributed by atoms with Crippen molar-refractivity contribution in [3.63, 3.8) is 0 Å². The Hall–Kier alpha value is -2.97. The molecule has 154 valence electrons. The van der Waals surface area contributed by atoms with Crippen LogP contribution in [0, 0.1) is 15.3 Å². The Balaban J connectivity index is 2.04. The van der Waals surface area contributed by atoms with Gasteiger partial charge in [-0.2, -0.15) is 0 Å². The van der Waals surface area contributed by atoms with Crippen LogP contribution in [0.4, 0.5) is 17.1 Å². The van der Waals surface area contributed by atoms with Crippen LogP contribution in [0.15, 0.2) is 42.5 Å². The number of nitro benzene ring substituents is 1. The van der Waals surface area contributed by atoms with Crippen molar-refractivity contribution in [3.8, 4) is 5.75 Å². The second-order valence-electron chi connectivity index (χ2n) is 7.64. The highest BCUT2D eigenvalue weighted by Gasteiger charge is 2.30. The summed E-state index contributed by atoms with van der Waals surface area (Å²) in [6, 6.07) is 11.4. The molecule has 0 saturated heterocycles. The molecule has 2 aromatic rings. The fraction of sp³-hybridized carbons (Fsp3) is 0.381. The van der Waals surface area contributed by atoms with Gasteiger partial charge in [0.25, 0.3) is 5.91 Å². The number of nitrogens with one attached hydrogen (secondary N) is 1. The molecule has 8 nitrogen and oxygen atoms in total. The molecule has 0 heterocycles. The summed E-state index contributed by atoms with van der Waals surface area (Å²) in [5.41, 5.74) is 0.232. The summed E-state index contributed by atoms with van der Waals surface area (Å²) in [5.74, 6) is -0.346. The third-order valence-electron chi connectivity index (χ3n) is 4.98. The summed E-state index contributed by atoms with van der Waals surface area (Å²) in [5, 5.41) is 26.9. The van der Waals surface area contributed by atoms with Gasteiger partial charge in [0.15, 0.2) is 0 Å². The van der Waals surface area contributed by atoms with E-state index in [1.807, 2.05) is 6.07 Å². The van der Waals surface area contributed by atoms with Crippen molar-refractivity contribution in [2.24, 2.45) is 0 Å². The van der Waals surface area contributed by atoms with Crippen LogP contribution in [0.3, 0.4) is 0 Å². The van der Waals surface area contributed by atoms with Crippen molar-refractivity contribution in [3.05, 3.63) is 63.3 Å². The van der Waals surface area contributed by atoms with E-state index in [-0.39, 0.29) is 28.8 Å². The normalized spacial score (nSPS) is 15.0. The molecule has 1 N–H and O–H groups in total. The number of amides is 1. The molecular formula is C21H25N3O5. The van der Waals surface area contributed by atoms with E-state index in [1.165, 1.54) is 26.2 Å². The van der Waals surface area contributed by atoms with Crippen LogP contribution in [0.5, 0.6) is 5.75 Å². The second-order valence-corrected chi connectivity index (χ2v) is 7.64. The van der Waals surface area contributed by atoms with Crippen LogP contribution in [0.2, 0.25) is 0 Å². The van der Waals surface area contributed by atoms with Crippen molar-refractivity contribution in [1.29, 1.82) is 0 Å². The maximum Gasteiger partial charge on any atom is 0.333 e. The Kier molecular flexibility index (Phi) is 6.14. The molecule has 1 amide bonds. The number of nitro groups is 1. The van der Waals surface area contributed by atoms with E-state index in [4.69, 9.17) is 4.74 Å². The average Bonchev–Trinajstić information content (AvgIpc) is 2.68. The van der Waals surface area contributed by atoms with Crippen LogP contribution in [0.1, 0.15) is 42.5 Å². The van der Waals surface area contributed by atoms with Gasteiger partial charge >= 0.3 is 5.69 Å². The largest absolute Gasteiger partial charge is 0.628 e. The molecule has 1 aliphatic rings. The fourth-order valence-electron chi connectivity index (χ4n) is 3.49. The van der Waals surface area contributed by atoms with E-state index in [0.717, 1.165) is 32.1 Å². The monoisotopic (exact) mass is 399 g/mol. The summed E-state index contributed by atoms with van der Waals surface area (Å²) < 4.78 is 4.99. The Morgan fingerprint density at radius 3 is 2.38 bits per heavy atom. The lowest BCUT2D eigenvalue weighted by Gasteiger charge is -2.33. The molecule has 3 rings (SSSR count). The van der Waals surface area contributed by atoms with E-state index in [9.17, 15) is 20.1 Å². The number of para-hydroxylation sites is 1. The highest BCUT2D eigenvalue weighted by atomic mass is 16.6. The second kappa shape index (κ2) is 8.59. The average molecular weight is 399 g/mol. The minimum absolute atomic E-state index is 0.104. The van der Waals surface area contributed by atoms with Crippen molar-refractivity contribution in [2.75, 3.05) is 19.4 Å². The topological polar surface area (TPSA) is 105 Å². The van der Waals surface area contributed by atoms with Gasteiger partial charge < -0.3 is 19.9 Å². The third-order valence-corrected chi connectivity index (χ3v) is 4.98. The molecule has 0 aromatic heterocycles. The summed E-state index contributed by atoms with van der Waals surface area (Å²) in [6.07, 6.45) is 4.72. The number of benzene rings is 2. The molecule has 0 bridgehead atoms. The van der Waals surface area contributed by atoms with E-state index in [1.54, 1.807) is 24.3 Å². The van der Waals surface area contributed by atoms with Gasteiger partial charge in [-0.3, -0.25) is 14.9 Å². The summed E-state index contributed by atoms with van der Waals surface area (Å²) in [7, 11) is 2.56. The number of carbonyl (C=O) groups excluding carboxylic acids is 1. The number of nitrogens with zero attached hydrogens (tertiary/aromatic N) is 2. The summed E-state index contributed by atoms with van der Waals surface area (Å²) >= 11 is 0. The number of quaternary nitrogens is 1. The van der Waals surface area contributed by atoms with Gasteiger partial charge in [0.05, 0.1) is 36.8 Å². The van der Waals surface area contributed by atoms with Crippen molar-refractivity contribution >= 4 is 23.0 Å². The number of anilines is 1. The lowest BCUT2D eigenvalue weighted by atomic mass is 9.97. The maximum absolute atomic E-state index is 13.0. The first kappa shape index (κ1) is 20.8. The quantitative estimate of drug-likeness (QED) is 0.433. The van der Waals surface area contributed by atoms with Crippen LogP contribution >= 0.6 is 0 Å². The van der Waals surface area contributed by atoms with Crippen LogP contribution in [-0.4, -0.2) is 31.0 Å². The Bertz CT molecular complexity index is 887. The predicted octanol–water partition coefficient (Wildman–Crippen LogP) is 4.62. The molecule has 0 atom stereocenters. The van der Waals surface area contributed by atoms with Gasteiger partial charge in [0.2, 0.25) is 5.69 Å².